The molecule has 0 atom stereocenters. The van der Waals surface area contributed by atoms with E-state index >= 15 is 0 Å². The summed E-state index contributed by atoms with van der Waals surface area (Å²) < 4.78 is 13.1. The predicted octanol–water partition coefficient (Wildman–Crippen LogP) is 2.32. The Kier molecular flexibility index (Phi) is 1.33. The molecule has 2 N–H and O–H groups in total. The highest BCUT2D eigenvalue weighted by atomic mass is 19.1. The van der Waals surface area contributed by atoms with Gasteiger partial charge < -0.3 is 10.1 Å². The number of phenolic OH excluding ortho intramolecular Hbond substituents is 1. The lowest BCUT2D eigenvalue weighted by molar-refractivity contribution is 0.435. The van der Waals surface area contributed by atoms with Crippen molar-refractivity contribution >= 4 is 10.9 Å². The summed E-state index contributed by atoms with van der Waals surface area (Å²) >= 11 is 0. The molecule has 0 bridgehead atoms. The summed E-state index contributed by atoms with van der Waals surface area (Å²) in [5, 5.41) is 9.81. The topological polar surface area (TPSA) is 36.0 Å². The number of nitrogens with one attached hydrogen (secondary N) is 1. The predicted molar refractivity (Wildman–Crippen MR) is 44.7 cm³/mol. The fraction of sp³-hybridized carbons (Fsp3) is 0.111. The van der Waals surface area contributed by atoms with Crippen molar-refractivity contribution in [2.24, 2.45) is 0 Å². The van der Waals surface area contributed by atoms with Crippen LogP contribution in [-0.4, -0.2) is 10.1 Å². The summed E-state index contributed by atoms with van der Waals surface area (Å²) in [5.74, 6) is -0.898. The maximum atomic E-state index is 13.1. The van der Waals surface area contributed by atoms with Crippen molar-refractivity contribution in [3.8, 4) is 5.75 Å². The third-order valence-electron chi connectivity index (χ3n) is 1.85. The van der Waals surface area contributed by atoms with Crippen LogP contribution in [0.5, 0.6) is 5.75 Å². The Morgan fingerprint density at radius 2 is 2.17 bits per heavy atom. The number of aromatic nitrogens is 1. The first-order chi connectivity index (χ1) is 5.68. The van der Waals surface area contributed by atoms with E-state index in [1.165, 1.54) is 6.07 Å². The average Bonchev–Trinajstić information content (AvgIpc) is 2.39. The molecule has 1 aromatic heterocycles. The smallest absolute Gasteiger partial charge is 0.188 e. The van der Waals surface area contributed by atoms with E-state index in [9.17, 15) is 4.39 Å². The molecule has 2 nitrogen and oxygen atoms in total. The molecule has 0 aliphatic heterocycles. The lowest BCUT2D eigenvalue weighted by atomic mass is 10.2. The first kappa shape index (κ1) is 7.16. The summed E-state index contributed by atoms with van der Waals surface area (Å²) in [5.41, 5.74) is 1.25. The van der Waals surface area contributed by atoms with Gasteiger partial charge in [0.25, 0.3) is 0 Å². The zero-order chi connectivity index (χ0) is 8.72. The van der Waals surface area contributed by atoms with Crippen LogP contribution in [0.15, 0.2) is 18.2 Å². The van der Waals surface area contributed by atoms with Crippen LogP contribution in [0.2, 0.25) is 0 Å². The maximum Gasteiger partial charge on any atom is 0.188 e. The van der Waals surface area contributed by atoms with Crippen molar-refractivity contribution < 1.29 is 9.50 Å². The minimum absolute atomic E-state index is 0.315. The number of aromatic hydroxyl groups is 1. The molecule has 3 heteroatoms. The summed E-state index contributed by atoms with van der Waals surface area (Å²) in [4.78, 5) is 2.83. The monoisotopic (exact) mass is 165 g/mol. The Bertz CT molecular complexity index is 433. The highest BCUT2D eigenvalue weighted by Gasteiger charge is 2.07. The molecule has 0 fully saturated rings. The van der Waals surface area contributed by atoms with Crippen LogP contribution in [0.25, 0.3) is 10.9 Å². The number of aromatic amines is 1. The van der Waals surface area contributed by atoms with Crippen molar-refractivity contribution in [3.05, 3.63) is 29.7 Å². The molecule has 12 heavy (non-hydrogen) atoms. The minimum Gasteiger partial charge on any atom is -0.505 e. The van der Waals surface area contributed by atoms with Gasteiger partial charge in [-0.3, -0.25) is 0 Å². The van der Waals surface area contributed by atoms with E-state index in [-0.39, 0.29) is 5.75 Å². The van der Waals surface area contributed by atoms with E-state index < -0.39 is 5.82 Å². The van der Waals surface area contributed by atoms with Crippen molar-refractivity contribution in [2.75, 3.05) is 0 Å². The Balaban J connectivity index is 2.89. The number of halogens is 1. The Labute approximate surface area is 68.6 Å². The molecule has 0 saturated carbocycles. The number of H-pyrrole nitrogens is 1. The van der Waals surface area contributed by atoms with Crippen molar-refractivity contribution in [3.63, 3.8) is 0 Å². The van der Waals surface area contributed by atoms with E-state index in [1.807, 2.05) is 13.0 Å². The lowest BCUT2D eigenvalue weighted by Crippen LogP contribution is -1.78. The van der Waals surface area contributed by atoms with Gasteiger partial charge in [-0.25, -0.2) is 4.39 Å². The van der Waals surface area contributed by atoms with Gasteiger partial charge in [0.15, 0.2) is 11.6 Å². The minimum atomic E-state index is -0.583. The van der Waals surface area contributed by atoms with E-state index in [0.717, 1.165) is 11.1 Å². The van der Waals surface area contributed by atoms with Gasteiger partial charge in [-0.2, -0.15) is 0 Å². The summed E-state index contributed by atoms with van der Waals surface area (Å²) in [7, 11) is 0. The molecule has 0 aliphatic rings. The zero-order valence-corrected chi connectivity index (χ0v) is 6.56. The number of aryl methyl sites for hydroxylation is 1. The first-order valence-electron chi connectivity index (χ1n) is 3.65. The summed E-state index contributed by atoms with van der Waals surface area (Å²) in [6.07, 6.45) is 0. The Hall–Kier alpha value is -1.51. The maximum absolute atomic E-state index is 13.1. The molecule has 1 aromatic carbocycles. The number of rotatable bonds is 0. The molecule has 62 valence electrons. The number of fused-ring (bicyclic) bond motifs is 1. The van der Waals surface area contributed by atoms with Gasteiger partial charge in [0.05, 0.1) is 5.52 Å². The van der Waals surface area contributed by atoms with E-state index in [4.69, 9.17) is 5.11 Å². The second kappa shape index (κ2) is 2.24. The van der Waals surface area contributed by atoms with Crippen LogP contribution < -0.4 is 0 Å². The van der Waals surface area contributed by atoms with Crippen LogP contribution >= 0.6 is 0 Å². The largest absolute Gasteiger partial charge is 0.505 e. The van der Waals surface area contributed by atoms with Crippen LogP contribution in [0, 0.1) is 12.7 Å². The number of phenols is 1. The Morgan fingerprint density at radius 1 is 1.42 bits per heavy atom. The zero-order valence-electron chi connectivity index (χ0n) is 6.56. The second-order valence-corrected chi connectivity index (χ2v) is 2.82. The van der Waals surface area contributed by atoms with Crippen LogP contribution in [0.4, 0.5) is 4.39 Å². The normalized spacial score (nSPS) is 10.8. The van der Waals surface area contributed by atoms with Gasteiger partial charge in [0.2, 0.25) is 0 Å². The summed E-state index contributed by atoms with van der Waals surface area (Å²) in [6, 6.07) is 4.86. The number of hydrogen-bond acceptors (Lipinski definition) is 1. The van der Waals surface area contributed by atoms with Gasteiger partial charge in [-0.1, -0.05) is 0 Å². The molecule has 0 amide bonds. The fourth-order valence-corrected chi connectivity index (χ4v) is 1.29. The molecule has 0 unspecified atom stereocenters. The van der Waals surface area contributed by atoms with E-state index in [0.29, 0.717) is 5.52 Å². The third-order valence-corrected chi connectivity index (χ3v) is 1.85. The van der Waals surface area contributed by atoms with Gasteiger partial charge >= 0.3 is 0 Å². The van der Waals surface area contributed by atoms with Crippen molar-refractivity contribution in [1.82, 2.24) is 4.98 Å². The lowest BCUT2D eigenvalue weighted by Gasteiger charge is -1.94. The van der Waals surface area contributed by atoms with Crippen LogP contribution in [0.1, 0.15) is 5.69 Å². The summed E-state index contributed by atoms with van der Waals surface area (Å²) in [6.45, 7) is 1.84. The van der Waals surface area contributed by atoms with Gasteiger partial charge in [0, 0.05) is 11.1 Å². The molecule has 2 aromatic rings. The standard InChI is InChI=1S/C9H8FNO/c1-5-4-6-2-3-7(12)8(10)9(6)11-5/h2-4,11-12H,1H3. The highest BCUT2D eigenvalue weighted by molar-refractivity contribution is 5.82. The first-order valence-corrected chi connectivity index (χ1v) is 3.65. The van der Waals surface area contributed by atoms with Crippen molar-refractivity contribution in [1.29, 1.82) is 0 Å². The van der Waals surface area contributed by atoms with Gasteiger partial charge in [-0.05, 0) is 25.1 Å². The SMILES string of the molecule is Cc1cc2ccc(O)c(F)c2[nH]1. The van der Waals surface area contributed by atoms with Gasteiger partial charge in [0.1, 0.15) is 0 Å². The Morgan fingerprint density at radius 3 is 2.92 bits per heavy atom. The highest BCUT2D eigenvalue weighted by Crippen LogP contribution is 2.24. The fourth-order valence-electron chi connectivity index (χ4n) is 1.29. The molecule has 2 rings (SSSR count). The molecular formula is C9H8FNO. The average molecular weight is 165 g/mol. The quantitative estimate of drug-likeness (QED) is 0.617. The van der Waals surface area contributed by atoms with E-state index in [2.05, 4.69) is 4.98 Å². The molecular weight excluding hydrogens is 157 g/mol. The third kappa shape index (κ3) is 0.863. The van der Waals surface area contributed by atoms with Crippen molar-refractivity contribution in [2.45, 2.75) is 6.92 Å². The number of benzene rings is 1. The second-order valence-electron chi connectivity index (χ2n) is 2.82. The molecule has 0 spiro atoms. The molecule has 0 saturated heterocycles. The number of hydrogen-bond donors (Lipinski definition) is 2. The molecule has 1 heterocycles. The molecule has 0 aliphatic carbocycles. The van der Waals surface area contributed by atoms with E-state index in [1.54, 1.807) is 6.07 Å². The molecule has 0 radical (unpaired) electrons. The van der Waals surface area contributed by atoms with Crippen LogP contribution in [0.3, 0.4) is 0 Å². The van der Waals surface area contributed by atoms with Gasteiger partial charge in [-0.15, -0.1) is 0 Å². The van der Waals surface area contributed by atoms with Crippen LogP contribution in [-0.2, 0) is 0 Å².